The number of sulfonamides is 1. The van der Waals surface area contributed by atoms with Gasteiger partial charge in [0.1, 0.15) is 21.5 Å². The second-order valence-electron chi connectivity index (χ2n) is 8.81. The highest BCUT2D eigenvalue weighted by atomic mass is 32.2. The third-order valence-corrected chi connectivity index (χ3v) is 8.74. The van der Waals surface area contributed by atoms with Crippen molar-refractivity contribution in [3.63, 3.8) is 0 Å². The lowest BCUT2D eigenvalue weighted by Crippen LogP contribution is -2.45. The molecule has 1 aliphatic heterocycles. The lowest BCUT2D eigenvalue weighted by molar-refractivity contribution is 0.292. The van der Waals surface area contributed by atoms with Crippen LogP contribution in [0, 0.1) is 5.82 Å². The molecule has 1 saturated heterocycles. The van der Waals surface area contributed by atoms with Gasteiger partial charge in [-0.2, -0.15) is 9.29 Å². The summed E-state index contributed by atoms with van der Waals surface area (Å²) in [6, 6.07) is 14.0. The second-order valence-corrected chi connectivity index (χ2v) is 13.0. The fraction of sp³-hybridized carbons (Fsp3) is 0.333. The van der Waals surface area contributed by atoms with Gasteiger partial charge in [0, 0.05) is 49.5 Å². The summed E-state index contributed by atoms with van der Waals surface area (Å²) in [5, 5.41) is 9.32. The van der Waals surface area contributed by atoms with Crippen LogP contribution >= 0.6 is 0 Å². The van der Waals surface area contributed by atoms with Crippen molar-refractivity contribution in [1.29, 1.82) is 0 Å². The van der Waals surface area contributed by atoms with Gasteiger partial charge in [0.15, 0.2) is 0 Å². The number of hydrogen-bond donors (Lipinski definition) is 3. The molecular formula is C24H29FN6O4S2. The van der Waals surface area contributed by atoms with Crippen molar-refractivity contribution in [2.24, 2.45) is 0 Å². The van der Waals surface area contributed by atoms with E-state index in [1.807, 2.05) is 0 Å². The van der Waals surface area contributed by atoms with Gasteiger partial charge in [0.05, 0.1) is 10.6 Å². The molecule has 1 fully saturated rings. The van der Waals surface area contributed by atoms with Crippen molar-refractivity contribution < 1.29 is 21.2 Å². The Labute approximate surface area is 216 Å². The van der Waals surface area contributed by atoms with Crippen LogP contribution < -0.4 is 16.0 Å². The van der Waals surface area contributed by atoms with E-state index >= 15 is 0 Å². The predicted octanol–water partition coefficient (Wildman–Crippen LogP) is 2.89. The van der Waals surface area contributed by atoms with E-state index in [-0.39, 0.29) is 22.5 Å². The normalized spacial score (nSPS) is 15.4. The zero-order valence-electron chi connectivity index (χ0n) is 20.3. The smallest absolute Gasteiger partial charge is 0.243 e. The van der Waals surface area contributed by atoms with E-state index in [0.29, 0.717) is 55.6 Å². The lowest BCUT2D eigenvalue weighted by Gasteiger charge is -2.31. The standard InChI is InChI=1S/C24H29FN6O4S2/c1-36(32,33)17-14-26-19-11-15-31(16-12-19)37(34,35)22-8-6-21(7-9-22)29-24-27-13-10-23(30-24)28-20-4-2-18(25)3-5-20/h2-10,13,19,26H,11-12,14-17H2,1H3,(H2,27,28,29,30). The van der Waals surface area contributed by atoms with Crippen molar-refractivity contribution in [2.45, 2.75) is 23.8 Å². The summed E-state index contributed by atoms with van der Waals surface area (Å²) in [4.78, 5) is 8.76. The minimum atomic E-state index is -3.65. The summed E-state index contributed by atoms with van der Waals surface area (Å²) in [5.74, 6) is 0.557. The fourth-order valence-electron chi connectivity index (χ4n) is 3.91. The molecular weight excluding hydrogens is 519 g/mol. The molecule has 37 heavy (non-hydrogen) atoms. The van der Waals surface area contributed by atoms with E-state index in [2.05, 4.69) is 25.9 Å². The van der Waals surface area contributed by atoms with Gasteiger partial charge in [-0.1, -0.05) is 0 Å². The molecule has 0 amide bonds. The fourth-order valence-corrected chi connectivity index (χ4v) is 5.87. The summed E-state index contributed by atoms with van der Waals surface area (Å²) < 4.78 is 63.3. The van der Waals surface area contributed by atoms with Gasteiger partial charge < -0.3 is 16.0 Å². The molecule has 13 heteroatoms. The molecule has 1 aromatic heterocycles. The molecule has 0 aliphatic carbocycles. The van der Waals surface area contributed by atoms with Crippen LogP contribution in [0.3, 0.4) is 0 Å². The molecule has 0 bridgehead atoms. The van der Waals surface area contributed by atoms with E-state index in [1.165, 1.54) is 34.8 Å². The maximum Gasteiger partial charge on any atom is 0.243 e. The number of sulfone groups is 1. The summed E-state index contributed by atoms with van der Waals surface area (Å²) in [7, 11) is -6.68. The Kier molecular flexibility index (Phi) is 8.37. The van der Waals surface area contributed by atoms with Gasteiger partial charge in [-0.25, -0.2) is 26.2 Å². The largest absolute Gasteiger partial charge is 0.340 e. The van der Waals surface area contributed by atoms with E-state index in [9.17, 15) is 21.2 Å². The topological polar surface area (TPSA) is 133 Å². The first-order valence-corrected chi connectivity index (χ1v) is 15.2. The first-order valence-electron chi connectivity index (χ1n) is 11.7. The van der Waals surface area contributed by atoms with Crippen LogP contribution in [0.2, 0.25) is 0 Å². The molecule has 0 spiro atoms. The van der Waals surface area contributed by atoms with Crippen molar-refractivity contribution >= 4 is 43.0 Å². The molecule has 0 unspecified atom stereocenters. The maximum atomic E-state index is 13.1. The van der Waals surface area contributed by atoms with Crippen LogP contribution in [-0.4, -0.2) is 68.8 Å². The molecule has 1 aliphatic rings. The maximum absolute atomic E-state index is 13.1. The van der Waals surface area contributed by atoms with Crippen molar-refractivity contribution in [2.75, 3.05) is 42.3 Å². The number of nitrogens with zero attached hydrogens (tertiary/aromatic N) is 3. The van der Waals surface area contributed by atoms with Gasteiger partial charge in [0.25, 0.3) is 0 Å². The zero-order valence-corrected chi connectivity index (χ0v) is 21.9. The van der Waals surface area contributed by atoms with Crippen LogP contribution in [0.15, 0.2) is 65.7 Å². The molecule has 3 N–H and O–H groups in total. The van der Waals surface area contributed by atoms with E-state index in [1.54, 1.807) is 36.5 Å². The predicted molar refractivity (Wildman–Crippen MR) is 141 cm³/mol. The number of aromatic nitrogens is 2. The third kappa shape index (κ3) is 7.68. The molecule has 2 aromatic carbocycles. The van der Waals surface area contributed by atoms with Gasteiger partial charge in [-0.3, -0.25) is 0 Å². The molecule has 0 saturated carbocycles. The molecule has 0 atom stereocenters. The van der Waals surface area contributed by atoms with Gasteiger partial charge in [0.2, 0.25) is 16.0 Å². The van der Waals surface area contributed by atoms with Crippen LogP contribution in [-0.2, 0) is 19.9 Å². The van der Waals surface area contributed by atoms with Crippen molar-refractivity contribution in [1.82, 2.24) is 19.6 Å². The van der Waals surface area contributed by atoms with Crippen molar-refractivity contribution in [3.8, 4) is 0 Å². The lowest BCUT2D eigenvalue weighted by atomic mass is 10.1. The number of halogens is 1. The number of benzene rings is 2. The molecule has 3 aromatic rings. The van der Waals surface area contributed by atoms with Gasteiger partial charge in [-0.05, 0) is 67.4 Å². The first kappa shape index (κ1) is 26.9. The van der Waals surface area contributed by atoms with Crippen LogP contribution in [0.4, 0.5) is 27.5 Å². The zero-order chi connectivity index (χ0) is 26.5. The molecule has 4 rings (SSSR count). The summed E-state index contributed by atoms with van der Waals surface area (Å²) in [5.41, 5.74) is 1.29. The minimum Gasteiger partial charge on any atom is -0.340 e. The van der Waals surface area contributed by atoms with Gasteiger partial charge >= 0.3 is 0 Å². The Morgan fingerprint density at radius 1 is 0.919 bits per heavy atom. The summed E-state index contributed by atoms with van der Waals surface area (Å²) >= 11 is 0. The highest BCUT2D eigenvalue weighted by molar-refractivity contribution is 7.90. The molecule has 10 nitrogen and oxygen atoms in total. The SMILES string of the molecule is CS(=O)(=O)CCNC1CCN(S(=O)(=O)c2ccc(Nc3nccc(Nc4ccc(F)cc4)n3)cc2)CC1. The van der Waals surface area contributed by atoms with Crippen LogP contribution in [0.25, 0.3) is 0 Å². The van der Waals surface area contributed by atoms with E-state index in [4.69, 9.17) is 0 Å². The van der Waals surface area contributed by atoms with Crippen molar-refractivity contribution in [3.05, 3.63) is 66.6 Å². The number of rotatable bonds is 10. The van der Waals surface area contributed by atoms with E-state index in [0.717, 1.165) is 0 Å². The first-order chi connectivity index (χ1) is 17.6. The summed E-state index contributed by atoms with van der Waals surface area (Å²) in [6.07, 6.45) is 3.99. The molecule has 198 valence electrons. The number of anilines is 4. The summed E-state index contributed by atoms with van der Waals surface area (Å²) in [6.45, 7) is 1.08. The Morgan fingerprint density at radius 2 is 1.54 bits per heavy atom. The Balaban J connectivity index is 1.33. The number of hydrogen-bond acceptors (Lipinski definition) is 9. The molecule has 0 radical (unpaired) electrons. The molecule has 2 heterocycles. The number of nitrogens with one attached hydrogen (secondary N) is 3. The van der Waals surface area contributed by atoms with Crippen LogP contribution in [0.5, 0.6) is 0 Å². The van der Waals surface area contributed by atoms with E-state index < -0.39 is 19.9 Å². The highest BCUT2D eigenvalue weighted by Gasteiger charge is 2.29. The minimum absolute atomic E-state index is 0.0615. The third-order valence-electron chi connectivity index (χ3n) is 5.88. The van der Waals surface area contributed by atoms with Gasteiger partial charge in [-0.15, -0.1) is 0 Å². The monoisotopic (exact) mass is 548 g/mol. The average molecular weight is 549 g/mol. The average Bonchev–Trinajstić information content (AvgIpc) is 2.86. The Morgan fingerprint density at radius 3 is 2.19 bits per heavy atom. The highest BCUT2D eigenvalue weighted by Crippen LogP contribution is 2.24. The van der Waals surface area contributed by atoms with Crippen LogP contribution in [0.1, 0.15) is 12.8 Å². The quantitative estimate of drug-likeness (QED) is 0.350. The number of piperidine rings is 1. The Hall–Kier alpha value is -3.13. The second kappa shape index (κ2) is 11.5. The Bertz CT molecular complexity index is 1410.